The van der Waals surface area contributed by atoms with Crippen molar-refractivity contribution in [2.45, 2.75) is 0 Å². The summed E-state index contributed by atoms with van der Waals surface area (Å²) in [6.07, 6.45) is 2.95. The van der Waals surface area contributed by atoms with Gasteiger partial charge in [0.2, 0.25) is 0 Å². The first-order chi connectivity index (χ1) is 7.18. The molecule has 0 atom stereocenters. The van der Waals surface area contributed by atoms with E-state index in [2.05, 4.69) is 25.9 Å². The Balaban J connectivity index is 2.60. The molecule has 0 bridgehead atoms. The molecule has 0 amide bonds. The van der Waals surface area contributed by atoms with Crippen molar-refractivity contribution in [3.8, 4) is 11.3 Å². The second kappa shape index (κ2) is 3.94. The van der Waals surface area contributed by atoms with Crippen LogP contribution in [0.5, 0.6) is 0 Å². The van der Waals surface area contributed by atoms with E-state index in [0.717, 1.165) is 0 Å². The number of benzene rings is 1. The van der Waals surface area contributed by atoms with Crippen LogP contribution in [-0.4, -0.2) is 9.97 Å². The van der Waals surface area contributed by atoms with Crippen molar-refractivity contribution in [2.24, 2.45) is 0 Å². The quantitative estimate of drug-likeness (QED) is 0.864. The number of nitrogens with two attached hydrogens (primary N) is 1. The Hall–Kier alpha value is -1.49. The Morgan fingerprint density at radius 1 is 1.20 bits per heavy atom. The van der Waals surface area contributed by atoms with Crippen LogP contribution in [0.3, 0.4) is 0 Å². The van der Waals surface area contributed by atoms with E-state index in [1.165, 1.54) is 18.5 Å². The fourth-order valence-electron chi connectivity index (χ4n) is 1.24. The summed E-state index contributed by atoms with van der Waals surface area (Å²) in [5.74, 6) is -0.157. The normalized spacial score (nSPS) is 10.3. The van der Waals surface area contributed by atoms with Crippen LogP contribution in [0.2, 0.25) is 0 Å². The topological polar surface area (TPSA) is 51.8 Å². The largest absolute Gasteiger partial charge is 0.382 e. The highest BCUT2D eigenvalue weighted by Gasteiger charge is 2.10. The molecule has 0 saturated carbocycles. The molecule has 1 aromatic carbocycles. The van der Waals surface area contributed by atoms with E-state index in [4.69, 9.17) is 5.73 Å². The molecular formula is C10H7BrFN3. The van der Waals surface area contributed by atoms with E-state index in [9.17, 15) is 4.39 Å². The number of rotatable bonds is 1. The molecule has 1 aromatic heterocycles. The minimum atomic E-state index is -0.378. The fourth-order valence-corrected chi connectivity index (χ4v) is 1.57. The molecule has 2 aromatic rings. The highest BCUT2D eigenvalue weighted by Crippen LogP contribution is 2.26. The Morgan fingerprint density at radius 2 is 1.93 bits per heavy atom. The lowest BCUT2D eigenvalue weighted by Gasteiger charge is -2.04. The summed E-state index contributed by atoms with van der Waals surface area (Å²) in [6, 6.07) is 4.70. The number of anilines is 1. The first kappa shape index (κ1) is 10.0. The van der Waals surface area contributed by atoms with Crippen molar-refractivity contribution >= 4 is 21.7 Å². The molecule has 2 N–H and O–H groups in total. The maximum atomic E-state index is 13.6. The van der Waals surface area contributed by atoms with Gasteiger partial charge in [0.15, 0.2) is 0 Å². The van der Waals surface area contributed by atoms with E-state index in [-0.39, 0.29) is 11.6 Å². The second-order valence-electron chi connectivity index (χ2n) is 2.91. The average Bonchev–Trinajstić information content (AvgIpc) is 2.20. The van der Waals surface area contributed by atoms with Crippen LogP contribution in [0.4, 0.5) is 10.2 Å². The molecule has 5 heteroatoms. The fraction of sp³-hybridized carbons (Fsp3) is 0. The van der Waals surface area contributed by atoms with Crippen LogP contribution in [0.15, 0.2) is 35.1 Å². The Morgan fingerprint density at radius 3 is 2.60 bits per heavy atom. The molecule has 0 aliphatic carbocycles. The minimum Gasteiger partial charge on any atom is -0.382 e. The molecule has 76 valence electrons. The summed E-state index contributed by atoms with van der Waals surface area (Å²) in [4.78, 5) is 7.85. The highest BCUT2D eigenvalue weighted by atomic mass is 79.9. The van der Waals surface area contributed by atoms with Gasteiger partial charge in [0.1, 0.15) is 17.3 Å². The Bertz CT molecular complexity index is 502. The van der Waals surface area contributed by atoms with Gasteiger partial charge in [-0.1, -0.05) is 15.9 Å². The van der Waals surface area contributed by atoms with E-state index in [0.29, 0.717) is 15.7 Å². The lowest BCUT2D eigenvalue weighted by molar-refractivity contribution is 0.630. The standard InChI is InChI=1S/C10H7BrFN3/c11-6-1-2-7(8(12)5-6)9-10(13)15-4-3-14-9/h1-5H,(H2,13,15). The molecule has 0 unspecified atom stereocenters. The molecule has 0 aliphatic heterocycles. The van der Waals surface area contributed by atoms with Crippen molar-refractivity contribution in [1.29, 1.82) is 0 Å². The van der Waals surface area contributed by atoms with Gasteiger partial charge in [-0.05, 0) is 18.2 Å². The summed E-state index contributed by atoms with van der Waals surface area (Å²) in [5, 5.41) is 0. The number of hydrogen-bond acceptors (Lipinski definition) is 3. The van der Waals surface area contributed by atoms with Gasteiger partial charge in [0, 0.05) is 22.4 Å². The van der Waals surface area contributed by atoms with E-state index >= 15 is 0 Å². The zero-order valence-electron chi connectivity index (χ0n) is 7.61. The molecule has 0 saturated heterocycles. The number of nitrogens with zero attached hydrogens (tertiary/aromatic N) is 2. The zero-order valence-corrected chi connectivity index (χ0v) is 9.20. The molecule has 2 rings (SSSR count). The number of aromatic nitrogens is 2. The molecule has 0 fully saturated rings. The van der Waals surface area contributed by atoms with Crippen LogP contribution in [0.25, 0.3) is 11.3 Å². The number of nitrogen functional groups attached to an aromatic ring is 1. The van der Waals surface area contributed by atoms with E-state index in [1.54, 1.807) is 12.1 Å². The third kappa shape index (κ3) is 1.97. The van der Waals surface area contributed by atoms with Crippen molar-refractivity contribution in [2.75, 3.05) is 5.73 Å². The molecule has 0 aliphatic rings. The van der Waals surface area contributed by atoms with Gasteiger partial charge >= 0.3 is 0 Å². The SMILES string of the molecule is Nc1nccnc1-c1ccc(Br)cc1F. The lowest BCUT2D eigenvalue weighted by Crippen LogP contribution is -1.97. The van der Waals surface area contributed by atoms with Gasteiger partial charge in [-0.15, -0.1) is 0 Å². The van der Waals surface area contributed by atoms with Gasteiger partial charge < -0.3 is 5.73 Å². The van der Waals surface area contributed by atoms with Gasteiger partial charge in [0.05, 0.1) is 0 Å². The summed E-state index contributed by atoms with van der Waals surface area (Å²) in [6.45, 7) is 0. The third-order valence-electron chi connectivity index (χ3n) is 1.91. The molecule has 0 spiro atoms. The monoisotopic (exact) mass is 267 g/mol. The zero-order chi connectivity index (χ0) is 10.8. The van der Waals surface area contributed by atoms with Crippen molar-refractivity contribution in [3.05, 3.63) is 40.9 Å². The maximum absolute atomic E-state index is 13.6. The van der Waals surface area contributed by atoms with Crippen LogP contribution in [0.1, 0.15) is 0 Å². The van der Waals surface area contributed by atoms with Crippen LogP contribution < -0.4 is 5.73 Å². The van der Waals surface area contributed by atoms with Gasteiger partial charge in [-0.2, -0.15) is 0 Å². The average molecular weight is 268 g/mol. The number of hydrogen-bond donors (Lipinski definition) is 1. The number of halogens is 2. The summed E-state index contributed by atoms with van der Waals surface area (Å²) < 4.78 is 14.2. The summed E-state index contributed by atoms with van der Waals surface area (Å²) in [5.41, 5.74) is 6.32. The molecular weight excluding hydrogens is 261 g/mol. The third-order valence-corrected chi connectivity index (χ3v) is 2.41. The Labute approximate surface area is 94.3 Å². The predicted molar refractivity (Wildman–Crippen MR) is 59.5 cm³/mol. The van der Waals surface area contributed by atoms with Crippen LogP contribution >= 0.6 is 15.9 Å². The van der Waals surface area contributed by atoms with Crippen LogP contribution in [0, 0.1) is 5.82 Å². The van der Waals surface area contributed by atoms with Gasteiger partial charge in [-0.3, -0.25) is 4.98 Å². The molecule has 15 heavy (non-hydrogen) atoms. The Kier molecular flexibility index (Phi) is 2.64. The van der Waals surface area contributed by atoms with E-state index in [1.807, 2.05) is 0 Å². The second-order valence-corrected chi connectivity index (χ2v) is 3.83. The molecule has 1 heterocycles. The summed E-state index contributed by atoms with van der Waals surface area (Å²) in [7, 11) is 0. The van der Waals surface area contributed by atoms with Crippen molar-refractivity contribution < 1.29 is 4.39 Å². The van der Waals surface area contributed by atoms with Crippen LogP contribution in [-0.2, 0) is 0 Å². The van der Waals surface area contributed by atoms with Gasteiger partial charge in [-0.25, -0.2) is 9.37 Å². The molecule has 0 radical (unpaired) electrons. The minimum absolute atomic E-state index is 0.221. The predicted octanol–water partition coefficient (Wildman–Crippen LogP) is 2.63. The highest BCUT2D eigenvalue weighted by molar-refractivity contribution is 9.10. The summed E-state index contributed by atoms with van der Waals surface area (Å²) >= 11 is 3.18. The van der Waals surface area contributed by atoms with Crippen molar-refractivity contribution in [3.63, 3.8) is 0 Å². The maximum Gasteiger partial charge on any atom is 0.150 e. The lowest BCUT2D eigenvalue weighted by atomic mass is 10.1. The van der Waals surface area contributed by atoms with Gasteiger partial charge in [0.25, 0.3) is 0 Å². The first-order valence-corrected chi connectivity index (χ1v) is 4.99. The van der Waals surface area contributed by atoms with Crippen molar-refractivity contribution in [1.82, 2.24) is 9.97 Å². The first-order valence-electron chi connectivity index (χ1n) is 4.20. The molecule has 3 nitrogen and oxygen atoms in total. The smallest absolute Gasteiger partial charge is 0.150 e. The van der Waals surface area contributed by atoms with E-state index < -0.39 is 0 Å².